The van der Waals surface area contributed by atoms with Crippen LogP contribution in [0.15, 0.2) is 48.5 Å². The average molecular weight is 499 g/mol. The van der Waals surface area contributed by atoms with E-state index in [1.807, 2.05) is 24.3 Å². The van der Waals surface area contributed by atoms with Gasteiger partial charge in [-0.15, -0.1) is 0 Å². The van der Waals surface area contributed by atoms with E-state index in [-0.39, 0.29) is 29.7 Å². The van der Waals surface area contributed by atoms with Crippen molar-refractivity contribution in [2.75, 3.05) is 26.2 Å². The van der Waals surface area contributed by atoms with Gasteiger partial charge in [0.2, 0.25) is 5.91 Å². The van der Waals surface area contributed by atoms with Crippen molar-refractivity contribution >= 4 is 11.7 Å². The van der Waals surface area contributed by atoms with Gasteiger partial charge in [-0.05, 0) is 74.1 Å². The minimum Gasteiger partial charge on any atom is -0.494 e. The van der Waals surface area contributed by atoms with Crippen LogP contribution in [-0.2, 0) is 11.2 Å². The van der Waals surface area contributed by atoms with E-state index in [2.05, 4.69) is 17.1 Å². The van der Waals surface area contributed by atoms with E-state index in [4.69, 9.17) is 4.74 Å². The van der Waals surface area contributed by atoms with Gasteiger partial charge < -0.3 is 15.2 Å². The Bertz CT molecular complexity index is 949. The number of likely N-dealkylation sites (tertiary alicyclic amines) is 1. The third-order valence-corrected chi connectivity index (χ3v) is 6.49. The van der Waals surface area contributed by atoms with Crippen molar-refractivity contribution in [2.24, 2.45) is 0 Å². The van der Waals surface area contributed by atoms with Crippen LogP contribution in [0.1, 0.15) is 67.8 Å². The number of carbonyl (C=O) groups is 2. The zero-order chi connectivity index (χ0) is 25.8. The van der Waals surface area contributed by atoms with Crippen LogP contribution in [-0.4, -0.2) is 60.1 Å². The van der Waals surface area contributed by atoms with Crippen LogP contribution >= 0.6 is 0 Å². The summed E-state index contributed by atoms with van der Waals surface area (Å²) >= 11 is 0. The summed E-state index contributed by atoms with van der Waals surface area (Å²) < 4.78 is 18.8. The minimum atomic E-state index is -0.363. The maximum Gasteiger partial charge on any atom is 0.220 e. The standard InChI is InChI=1S/C29H39FN2O4/c1-2-3-18-36-27-14-8-22(9-15-27)19-25(20-32-17-16-26(33)21-32)31-29(35)7-5-4-6-28(34)23-10-12-24(30)13-11-23/h8-15,25-26,33H,2-7,16-21H2,1H3,(H,31,35)/t25?,26-/m0/s1. The lowest BCUT2D eigenvalue weighted by Crippen LogP contribution is -2.44. The number of ketones is 1. The quantitative estimate of drug-likeness (QED) is 0.278. The first-order chi connectivity index (χ1) is 17.4. The third kappa shape index (κ3) is 9.70. The molecule has 3 rings (SSSR count). The molecule has 0 aromatic heterocycles. The number of aliphatic hydroxyl groups excluding tert-OH is 1. The molecule has 1 fully saturated rings. The Balaban J connectivity index is 1.47. The molecule has 1 aliphatic rings. The molecule has 2 atom stereocenters. The Labute approximate surface area is 213 Å². The van der Waals surface area contributed by atoms with Gasteiger partial charge in [0.15, 0.2) is 5.78 Å². The Kier molecular flexibility index (Phi) is 11.4. The highest BCUT2D eigenvalue weighted by atomic mass is 19.1. The maximum atomic E-state index is 13.0. The summed E-state index contributed by atoms with van der Waals surface area (Å²) in [5, 5.41) is 13.1. The summed E-state index contributed by atoms with van der Waals surface area (Å²) in [5.74, 6) is 0.416. The highest BCUT2D eigenvalue weighted by Gasteiger charge is 2.24. The molecule has 196 valence electrons. The zero-order valence-electron chi connectivity index (χ0n) is 21.3. The molecule has 6 nitrogen and oxygen atoms in total. The number of amides is 1. The largest absolute Gasteiger partial charge is 0.494 e. The molecule has 2 aromatic rings. The molecule has 0 spiro atoms. The number of benzene rings is 2. The second kappa shape index (κ2) is 14.7. The van der Waals surface area contributed by atoms with Crippen molar-refractivity contribution in [3.63, 3.8) is 0 Å². The molecule has 0 bridgehead atoms. The molecule has 1 heterocycles. The fourth-order valence-electron chi connectivity index (χ4n) is 4.44. The molecule has 0 saturated carbocycles. The number of hydrogen-bond donors (Lipinski definition) is 2. The molecular weight excluding hydrogens is 459 g/mol. The first-order valence-electron chi connectivity index (χ1n) is 13.1. The highest BCUT2D eigenvalue weighted by molar-refractivity contribution is 5.95. The first kappa shape index (κ1) is 27.8. The summed E-state index contributed by atoms with van der Waals surface area (Å²) in [6, 6.07) is 13.5. The van der Waals surface area contributed by atoms with Gasteiger partial charge in [-0.2, -0.15) is 0 Å². The molecule has 1 aliphatic heterocycles. The number of Topliss-reactive ketones (excluding diaryl/α,β-unsaturated/α-hetero) is 1. The molecule has 1 amide bonds. The van der Waals surface area contributed by atoms with E-state index in [1.165, 1.54) is 24.3 Å². The Morgan fingerprint density at radius 1 is 1.08 bits per heavy atom. The van der Waals surface area contributed by atoms with Gasteiger partial charge in [0.1, 0.15) is 11.6 Å². The van der Waals surface area contributed by atoms with Crippen LogP contribution in [0, 0.1) is 5.82 Å². The van der Waals surface area contributed by atoms with Gasteiger partial charge in [0, 0.05) is 44.1 Å². The number of halogens is 1. The number of aliphatic hydroxyl groups is 1. The predicted octanol–water partition coefficient (Wildman–Crippen LogP) is 4.54. The van der Waals surface area contributed by atoms with Crippen LogP contribution in [0.2, 0.25) is 0 Å². The Morgan fingerprint density at radius 3 is 2.47 bits per heavy atom. The smallest absolute Gasteiger partial charge is 0.220 e. The van der Waals surface area contributed by atoms with Gasteiger partial charge in [-0.25, -0.2) is 4.39 Å². The van der Waals surface area contributed by atoms with Crippen LogP contribution in [0.4, 0.5) is 4.39 Å². The fraction of sp³-hybridized carbons (Fsp3) is 0.517. The molecule has 0 radical (unpaired) electrons. The van der Waals surface area contributed by atoms with Crippen molar-refractivity contribution in [1.82, 2.24) is 10.2 Å². The fourth-order valence-corrected chi connectivity index (χ4v) is 4.44. The topological polar surface area (TPSA) is 78.9 Å². The summed E-state index contributed by atoms with van der Waals surface area (Å²) in [6.07, 6.45) is 5.15. The number of unbranched alkanes of at least 4 members (excludes halogenated alkanes) is 2. The second-order valence-electron chi connectivity index (χ2n) is 9.65. The van der Waals surface area contributed by atoms with E-state index in [9.17, 15) is 19.1 Å². The SMILES string of the molecule is CCCCOc1ccc(CC(CN2CC[C@H](O)C2)NC(=O)CCCCC(=O)c2ccc(F)cc2)cc1. The highest BCUT2D eigenvalue weighted by Crippen LogP contribution is 2.16. The number of hydrogen-bond acceptors (Lipinski definition) is 5. The van der Waals surface area contributed by atoms with Crippen molar-refractivity contribution in [1.29, 1.82) is 0 Å². The summed E-state index contributed by atoms with van der Waals surface area (Å²) in [5.41, 5.74) is 1.61. The van der Waals surface area contributed by atoms with Gasteiger partial charge in [0.25, 0.3) is 0 Å². The second-order valence-corrected chi connectivity index (χ2v) is 9.65. The van der Waals surface area contributed by atoms with Crippen LogP contribution < -0.4 is 10.1 Å². The molecule has 2 N–H and O–H groups in total. The summed E-state index contributed by atoms with van der Waals surface area (Å²) in [6.45, 7) is 4.97. The normalized spacial score (nSPS) is 16.6. The number of nitrogens with one attached hydrogen (secondary N) is 1. The number of β-amino-alcohol motifs (C(OH)–C–C–N with tert-alkyl or cyclic N) is 1. The average Bonchev–Trinajstić information content (AvgIpc) is 3.27. The van der Waals surface area contributed by atoms with E-state index in [0.29, 0.717) is 57.4 Å². The lowest BCUT2D eigenvalue weighted by atomic mass is 10.0. The van der Waals surface area contributed by atoms with Crippen molar-refractivity contribution < 1.29 is 23.8 Å². The van der Waals surface area contributed by atoms with Crippen molar-refractivity contribution in [3.8, 4) is 5.75 Å². The van der Waals surface area contributed by atoms with E-state index >= 15 is 0 Å². The molecule has 36 heavy (non-hydrogen) atoms. The van der Waals surface area contributed by atoms with Gasteiger partial charge in [0.05, 0.1) is 12.7 Å². The molecule has 1 saturated heterocycles. The number of carbonyl (C=O) groups excluding carboxylic acids is 2. The van der Waals surface area contributed by atoms with Crippen LogP contribution in [0.5, 0.6) is 5.75 Å². The Hall–Kier alpha value is -2.77. The Morgan fingerprint density at radius 2 is 1.81 bits per heavy atom. The predicted molar refractivity (Wildman–Crippen MR) is 139 cm³/mol. The monoisotopic (exact) mass is 498 g/mol. The number of nitrogens with zero attached hydrogens (tertiary/aromatic N) is 1. The van der Waals surface area contributed by atoms with Gasteiger partial charge in [-0.3, -0.25) is 14.5 Å². The van der Waals surface area contributed by atoms with E-state index < -0.39 is 0 Å². The van der Waals surface area contributed by atoms with Gasteiger partial charge in [-0.1, -0.05) is 25.5 Å². The van der Waals surface area contributed by atoms with Crippen LogP contribution in [0.3, 0.4) is 0 Å². The number of rotatable bonds is 15. The minimum absolute atomic E-state index is 0.0338. The molecule has 0 aliphatic carbocycles. The summed E-state index contributed by atoms with van der Waals surface area (Å²) in [7, 11) is 0. The van der Waals surface area contributed by atoms with Gasteiger partial charge >= 0.3 is 0 Å². The lowest BCUT2D eigenvalue weighted by molar-refractivity contribution is -0.122. The van der Waals surface area contributed by atoms with E-state index in [1.54, 1.807) is 0 Å². The molecule has 1 unspecified atom stereocenters. The molecule has 7 heteroatoms. The summed E-state index contributed by atoms with van der Waals surface area (Å²) in [4.78, 5) is 27.1. The molecule has 2 aromatic carbocycles. The van der Waals surface area contributed by atoms with Crippen molar-refractivity contribution in [3.05, 3.63) is 65.5 Å². The zero-order valence-corrected chi connectivity index (χ0v) is 21.3. The van der Waals surface area contributed by atoms with Crippen LogP contribution in [0.25, 0.3) is 0 Å². The van der Waals surface area contributed by atoms with Crippen molar-refractivity contribution in [2.45, 2.75) is 70.4 Å². The number of ether oxygens (including phenoxy) is 1. The molecular formula is C29H39FN2O4. The van der Waals surface area contributed by atoms with E-state index in [0.717, 1.165) is 37.1 Å². The maximum absolute atomic E-state index is 13.0. The third-order valence-electron chi connectivity index (χ3n) is 6.49. The lowest BCUT2D eigenvalue weighted by Gasteiger charge is -2.25. The first-order valence-corrected chi connectivity index (χ1v) is 13.1.